The number of nitrogens with zero attached hydrogens (tertiary/aromatic N) is 3. The second-order valence-electron chi connectivity index (χ2n) is 8.36. The highest BCUT2D eigenvalue weighted by atomic mass is 16.2. The third kappa shape index (κ3) is 3.48. The van der Waals surface area contributed by atoms with Crippen LogP contribution in [0.25, 0.3) is 0 Å². The molecule has 1 aromatic carbocycles. The van der Waals surface area contributed by atoms with Gasteiger partial charge in [0.05, 0.1) is 24.0 Å². The number of pyridine rings is 1. The molecule has 1 spiro atoms. The van der Waals surface area contributed by atoms with Gasteiger partial charge in [-0.2, -0.15) is 0 Å². The normalized spacial score (nSPS) is 25.5. The summed E-state index contributed by atoms with van der Waals surface area (Å²) in [7, 11) is 0. The van der Waals surface area contributed by atoms with Crippen molar-refractivity contribution in [1.29, 1.82) is 0 Å². The molecule has 2 aliphatic heterocycles. The van der Waals surface area contributed by atoms with Crippen LogP contribution in [-0.4, -0.2) is 46.3 Å². The standard InChI is InChI=1S/C23H27N5O/c29-21(17-10-13-24-14-11-17)28-15-5-12-23(16-28)22(25-18-6-1-2-7-18)26-19-8-3-4-9-20(19)27-23/h3-4,8-11,13-14,18,27H,1-2,5-7,12,15-16H2,(H,25,26)/t23-/m0/s1. The number of likely N-dealkylation sites (tertiary alicyclic amines) is 1. The predicted octanol–water partition coefficient (Wildman–Crippen LogP) is 3.94. The molecule has 1 saturated heterocycles. The monoisotopic (exact) mass is 389 g/mol. The molecule has 2 fully saturated rings. The van der Waals surface area contributed by atoms with E-state index < -0.39 is 0 Å². The number of piperidine rings is 1. The minimum Gasteiger partial charge on any atom is -0.370 e. The highest BCUT2D eigenvalue weighted by Crippen LogP contribution is 2.37. The first-order chi connectivity index (χ1) is 14.2. The highest BCUT2D eigenvalue weighted by Gasteiger charge is 2.45. The molecule has 2 aromatic rings. The van der Waals surface area contributed by atoms with Crippen LogP contribution < -0.4 is 10.6 Å². The van der Waals surface area contributed by atoms with Crippen LogP contribution in [-0.2, 0) is 0 Å². The molecule has 1 atom stereocenters. The van der Waals surface area contributed by atoms with Gasteiger partial charge in [0.25, 0.3) is 5.91 Å². The number of carbonyl (C=O) groups is 1. The largest absolute Gasteiger partial charge is 0.370 e. The molecule has 3 aliphatic rings. The van der Waals surface area contributed by atoms with Crippen LogP contribution in [0.2, 0.25) is 0 Å². The van der Waals surface area contributed by atoms with Crippen LogP contribution in [0, 0.1) is 0 Å². The Morgan fingerprint density at radius 2 is 1.83 bits per heavy atom. The molecule has 6 nitrogen and oxygen atoms in total. The average molecular weight is 390 g/mol. The van der Waals surface area contributed by atoms with E-state index >= 15 is 0 Å². The number of hydrogen-bond acceptors (Lipinski definition) is 4. The van der Waals surface area contributed by atoms with Crippen molar-refractivity contribution >= 4 is 23.1 Å². The molecular weight excluding hydrogens is 362 g/mol. The molecule has 1 saturated carbocycles. The Bertz CT molecular complexity index is 922. The topological polar surface area (TPSA) is 69.6 Å². The molecule has 3 heterocycles. The Labute approximate surface area is 171 Å². The zero-order valence-corrected chi connectivity index (χ0v) is 16.6. The van der Waals surface area contributed by atoms with E-state index in [1.54, 1.807) is 24.5 Å². The number of nitrogens with one attached hydrogen (secondary N) is 2. The Hall–Kier alpha value is -2.89. The summed E-state index contributed by atoms with van der Waals surface area (Å²) in [5.41, 5.74) is 2.47. The number of hydrogen-bond donors (Lipinski definition) is 2. The number of benzene rings is 1. The van der Waals surface area contributed by atoms with Crippen molar-refractivity contribution < 1.29 is 4.79 Å². The molecule has 0 unspecified atom stereocenters. The maximum atomic E-state index is 13.1. The van der Waals surface area contributed by atoms with E-state index in [4.69, 9.17) is 4.99 Å². The molecule has 2 N–H and O–H groups in total. The van der Waals surface area contributed by atoms with E-state index in [1.807, 2.05) is 17.0 Å². The van der Waals surface area contributed by atoms with Crippen molar-refractivity contribution in [1.82, 2.24) is 9.88 Å². The lowest BCUT2D eigenvalue weighted by molar-refractivity contribution is 0.0694. The Morgan fingerprint density at radius 1 is 1.07 bits per heavy atom. The minimum absolute atomic E-state index is 0.0624. The van der Waals surface area contributed by atoms with Gasteiger partial charge in [0.1, 0.15) is 11.4 Å². The van der Waals surface area contributed by atoms with Crippen LogP contribution in [0.3, 0.4) is 0 Å². The molecule has 1 aromatic heterocycles. The lowest BCUT2D eigenvalue weighted by Crippen LogP contribution is -2.62. The van der Waals surface area contributed by atoms with Gasteiger partial charge in [-0.1, -0.05) is 25.0 Å². The fourth-order valence-corrected chi connectivity index (χ4v) is 4.84. The predicted molar refractivity (Wildman–Crippen MR) is 115 cm³/mol. The molecule has 6 heteroatoms. The molecule has 0 radical (unpaired) electrons. The fourth-order valence-electron chi connectivity index (χ4n) is 4.84. The quantitative estimate of drug-likeness (QED) is 0.816. The van der Waals surface area contributed by atoms with E-state index in [2.05, 4.69) is 27.8 Å². The summed E-state index contributed by atoms with van der Waals surface area (Å²) in [4.78, 5) is 24.3. The van der Waals surface area contributed by atoms with Crippen LogP contribution in [0.1, 0.15) is 48.9 Å². The van der Waals surface area contributed by atoms with Gasteiger partial charge in [0.2, 0.25) is 0 Å². The molecule has 1 amide bonds. The maximum absolute atomic E-state index is 13.1. The van der Waals surface area contributed by atoms with Crippen molar-refractivity contribution in [3.05, 3.63) is 54.4 Å². The van der Waals surface area contributed by atoms with Crippen molar-refractivity contribution in [3.63, 3.8) is 0 Å². The van der Waals surface area contributed by atoms with Gasteiger partial charge >= 0.3 is 0 Å². The molecule has 29 heavy (non-hydrogen) atoms. The second kappa shape index (κ2) is 7.50. The summed E-state index contributed by atoms with van der Waals surface area (Å²) in [6, 6.07) is 12.2. The molecule has 5 rings (SSSR count). The van der Waals surface area contributed by atoms with Gasteiger partial charge in [-0.05, 0) is 49.9 Å². The Kier molecular flexibility index (Phi) is 4.70. The molecule has 0 bridgehead atoms. The lowest BCUT2D eigenvalue weighted by atomic mass is 9.84. The minimum atomic E-state index is -0.363. The third-order valence-corrected chi connectivity index (χ3v) is 6.35. The first-order valence-corrected chi connectivity index (χ1v) is 10.7. The van der Waals surface area contributed by atoms with Gasteiger partial charge in [0.15, 0.2) is 0 Å². The van der Waals surface area contributed by atoms with Crippen LogP contribution in [0.4, 0.5) is 11.4 Å². The van der Waals surface area contributed by atoms with Crippen molar-refractivity contribution in [2.75, 3.05) is 23.7 Å². The zero-order valence-electron chi connectivity index (χ0n) is 16.6. The summed E-state index contributed by atoms with van der Waals surface area (Å²) in [6.07, 6.45) is 10.1. The van der Waals surface area contributed by atoms with E-state index in [0.29, 0.717) is 18.2 Å². The summed E-state index contributed by atoms with van der Waals surface area (Å²) >= 11 is 0. The summed E-state index contributed by atoms with van der Waals surface area (Å²) < 4.78 is 0. The van der Waals surface area contributed by atoms with Gasteiger partial charge in [-0.3, -0.25) is 14.8 Å². The van der Waals surface area contributed by atoms with Gasteiger partial charge in [-0.25, -0.2) is 0 Å². The van der Waals surface area contributed by atoms with Crippen molar-refractivity contribution in [2.24, 2.45) is 4.99 Å². The van der Waals surface area contributed by atoms with E-state index in [-0.39, 0.29) is 11.4 Å². The maximum Gasteiger partial charge on any atom is 0.254 e. The number of aromatic nitrogens is 1. The van der Waals surface area contributed by atoms with Crippen LogP contribution in [0.15, 0.2) is 53.8 Å². The first-order valence-electron chi connectivity index (χ1n) is 10.7. The van der Waals surface area contributed by atoms with Gasteiger partial charge in [-0.15, -0.1) is 0 Å². The van der Waals surface area contributed by atoms with Gasteiger partial charge in [0, 0.05) is 24.5 Å². The van der Waals surface area contributed by atoms with Gasteiger partial charge < -0.3 is 15.5 Å². The number of amides is 1. The van der Waals surface area contributed by atoms with E-state index in [9.17, 15) is 4.79 Å². The Balaban J connectivity index is 1.48. The Morgan fingerprint density at radius 3 is 2.62 bits per heavy atom. The molecule has 1 aliphatic carbocycles. The number of fused-ring (bicyclic) bond motifs is 1. The third-order valence-electron chi connectivity index (χ3n) is 6.35. The number of amidine groups is 1. The summed E-state index contributed by atoms with van der Waals surface area (Å²) in [5, 5.41) is 7.40. The summed E-state index contributed by atoms with van der Waals surface area (Å²) in [6.45, 7) is 1.38. The number of aliphatic imine (C=N–C) groups is 1. The van der Waals surface area contributed by atoms with Crippen molar-refractivity contribution in [3.8, 4) is 0 Å². The number of anilines is 2. The second-order valence-corrected chi connectivity index (χ2v) is 8.36. The summed E-state index contributed by atoms with van der Waals surface area (Å²) in [5.74, 6) is 1.06. The number of carbonyl (C=O) groups excluding carboxylic acids is 1. The molecular formula is C23H27N5O. The van der Waals surface area contributed by atoms with E-state index in [1.165, 1.54) is 12.8 Å². The average Bonchev–Trinajstić information content (AvgIpc) is 3.28. The van der Waals surface area contributed by atoms with Crippen molar-refractivity contribution in [2.45, 2.75) is 50.1 Å². The first kappa shape index (κ1) is 18.2. The zero-order chi connectivity index (χ0) is 19.7. The van der Waals surface area contributed by atoms with Crippen LogP contribution in [0.5, 0.6) is 0 Å². The molecule has 150 valence electrons. The number of rotatable bonds is 2. The van der Waals surface area contributed by atoms with E-state index in [0.717, 1.165) is 49.4 Å². The lowest BCUT2D eigenvalue weighted by Gasteiger charge is -2.47. The SMILES string of the molecule is O=C(c1ccncc1)N1CCC[C@@]2(C1)Nc1ccccc1NC2=NC1CCCC1. The highest BCUT2D eigenvalue weighted by molar-refractivity contribution is 6.10. The smallest absolute Gasteiger partial charge is 0.254 e. The fraction of sp³-hybridized carbons (Fsp3) is 0.435. The number of para-hydroxylation sites is 2. The van der Waals surface area contributed by atoms with Crippen LogP contribution >= 0.6 is 0 Å².